The first-order valence-electron chi connectivity index (χ1n) is 8.09. The van der Waals surface area contributed by atoms with Crippen LogP contribution >= 0.6 is 36.4 Å². The Kier molecular flexibility index (Phi) is 9.30. The van der Waals surface area contributed by atoms with Crippen LogP contribution in [-0.2, 0) is 0 Å². The maximum atomic E-state index is 14.0. The topological polar surface area (TPSA) is 24.5 Å². The molecule has 0 unspecified atom stereocenters. The van der Waals surface area contributed by atoms with Crippen LogP contribution in [0.1, 0.15) is 17.2 Å². The van der Waals surface area contributed by atoms with Crippen molar-refractivity contribution in [3.8, 4) is 5.75 Å². The lowest BCUT2D eigenvalue weighted by Crippen LogP contribution is -2.45. The van der Waals surface area contributed by atoms with Gasteiger partial charge in [-0.1, -0.05) is 29.8 Å². The standard InChI is InChI=1S/C18H17ClF4N2O.2ClH/c19-15-6-3-13(11-16(15)20)17(25-9-7-24-8-10-25)12-1-4-14(5-2-12)26-18(21,22)23;;/h1-6,11,17,24H,7-10H2;2*1H/t17-;;/m1../s1. The van der Waals surface area contributed by atoms with Crippen LogP contribution in [0.15, 0.2) is 42.5 Å². The average Bonchev–Trinajstić information content (AvgIpc) is 2.59. The summed E-state index contributed by atoms with van der Waals surface area (Å²) in [5.74, 6) is -0.816. The van der Waals surface area contributed by atoms with E-state index in [-0.39, 0.29) is 41.6 Å². The third-order valence-corrected chi connectivity index (χ3v) is 4.51. The molecule has 0 aliphatic carbocycles. The third-order valence-electron chi connectivity index (χ3n) is 4.21. The Morgan fingerprint density at radius 2 is 1.54 bits per heavy atom. The van der Waals surface area contributed by atoms with Gasteiger partial charge in [0.25, 0.3) is 0 Å². The van der Waals surface area contributed by atoms with Crippen molar-refractivity contribution in [1.29, 1.82) is 0 Å². The van der Waals surface area contributed by atoms with Gasteiger partial charge >= 0.3 is 6.36 Å². The molecule has 2 aromatic rings. The number of benzene rings is 2. The van der Waals surface area contributed by atoms with Gasteiger partial charge in [-0.05, 0) is 35.4 Å². The monoisotopic (exact) mass is 460 g/mol. The molecule has 1 aliphatic heterocycles. The summed E-state index contributed by atoms with van der Waals surface area (Å²) in [5, 5.41) is 3.28. The molecule has 156 valence electrons. The molecule has 28 heavy (non-hydrogen) atoms. The number of alkyl halides is 3. The highest BCUT2D eigenvalue weighted by Crippen LogP contribution is 2.32. The van der Waals surface area contributed by atoms with E-state index in [1.165, 1.54) is 24.3 Å². The number of rotatable bonds is 4. The number of hydrogen-bond donors (Lipinski definition) is 1. The number of ether oxygens (including phenoxy) is 1. The highest BCUT2D eigenvalue weighted by atomic mass is 35.5. The minimum atomic E-state index is -4.74. The van der Waals surface area contributed by atoms with Crippen LogP contribution in [0.2, 0.25) is 5.02 Å². The minimum Gasteiger partial charge on any atom is -0.406 e. The molecule has 0 saturated carbocycles. The molecular weight excluding hydrogens is 443 g/mol. The minimum absolute atomic E-state index is 0. The summed E-state index contributed by atoms with van der Waals surface area (Å²) >= 11 is 5.78. The second-order valence-electron chi connectivity index (χ2n) is 5.98. The Labute approximate surface area is 177 Å². The largest absolute Gasteiger partial charge is 0.573 e. The fraction of sp³-hybridized carbons (Fsp3) is 0.333. The fourth-order valence-corrected chi connectivity index (χ4v) is 3.21. The smallest absolute Gasteiger partial charge is 0.406 e. The van der Waals surface area contributed by atoms with Crippen molar-refractivity contribution in [3.05, 3.63) is 64.4 Å². The van der Waals surface area contributed by atoms with Crippen LogP contribution in [0, 0.1) is 5.82 Å². The fourth-order valence-electron chi connectivity index (χ4n) is 3.09. The second kappa shape index (κ2) is 10.5. The predicted molar refractivity (Wildman–Crippen MR) is 105 cm³/mol. The van der Waals surface area contributed by atoms with E-state index in [1.807, 2.05) is 0 Å². The molecule has 3 nitrogen and oxygen atoms in total. The number of hydrogen-bond acceptors (Lipinski definition) is 3. The summed E-state index contributed by atoms with van der Waals surface area (Å²) in [6.07, 6.45) is -4.74. The van der Waals surface area contributed by atoms with Crippen molar-refractivity contribution in [2.75, 3.05) is 26.2 Å². The van der Waals surface area contributed by atoms with Gasteiger partial charge in [0, 0.05) is 26.2 Å². The van der Waals surface area contributed by atoms with E-state index in [4.69, 9.17) is 11.6 Å². The molecule has 0 radical (unpaired) electrons. The third kappa shape index (κ3) is 6.39. The maximum Gasteiger partial charge on any atom is 0.573 e. The Balaban J connectivity index is 0.00000196. The van der Waals surface area contributed by atoms with Crippen LogP contribution in [-0.4, -0.2) is 37.4 Å². The van der Waals surface area contributed by atoms with Gasteiger partial charge in [-0.2, -0.15) is 0 Å². The van der Waals surface area contributed by atoms with E-state index >= 15 is 0 Å². The van der Waals surface area contributed by atoms with Crippen LogP contribution < -0.4 is 10.1 Å². The Bertz CT molecular complexity index is 753. The van der Waals surface area contributed by atoms with Crippen LogP contribution in [0.25, 0.3) is 0 Å². The molecule has 1 atom stereocenters. The second-order valence-corrected chi connectivity index (χ2v) is 6.39. The Morgan fingerprint density at radius 1 is 0.964 bits per heavy atom. The van der Waals surface area contributed by atoms with E-state index in [0.717, 1.165) is 31.7 Å². The molecule has 0 bridgehead atoms. The normalized spacial score (nSPS) is 15.9. The van der Waals surface area contributed by atoms with Gasteiger partial charge in [-0.25, -0.2) is 4.39 Å². The molecule has 0 amide bonds. The first-order valence-corrected chi connectivity index (χ1v) is 8.47. The van der Waals surface area contributed by atoms with Gasteiger partial charge in [0.2, 0.25) is 0 Å². The molecule has 1 saturated heterocycles. The number of piperazine rings is 1. The lowest BCUT2D eigenvalue weighted by Gasteiger charge is -2.35. The van der Waals surface area contributed by atoms with Crippen molar-refractivity contribution in [3.63, 3.8) is 0 Å². The van der Waals surface area contributed by atoms with Crippen molar-refractivity contribution < 1.29 is 22.3 Å². The zero-order valence-electron chi connectivity index (χ0n) is 14.5. The number of halogens is 7. The molecule has 1 heterocycles. The van der Waals surface area contributed by atoms with E-state index in [1.54, 1.807) is 18.2 Å². The summed E-state index contributed by atoms with van der Waals surface area (Å²) in [5.41, 5.74) is 1.45. The van der Waals surface area contributed by atoms with Gasteiger partial charge in [0.15, 0.2) is 0 Å². The lowest BCUT2D eigenvalue weighted by molar-refractivity contribution is -0.274. The molecule has 0 aromatic heterocycles. The molecule has 10 heteroatoms. The van der Waals surface area contributed by atoms with Crippen molar-refractivity contribution in [2.45, 2.75) is 12.4 Å². The van der Waals surface area contributed by atoms with E-state index in [2.05, 4.69) is 15.0 Å². The molecule has 1 fully saturated rings. The summed E-state index contributed by atoms with van der Waals surface area (Å²) in [7, 11) is 0. The molecule has 1 N–H and O–H groups in total. The zero-order valence-corrected chi connectivity index (χ0v) is 16.9. The Hall–Kier alpha value is -1.25. The summed E-state index contributed by atoms with van der Waals surface area (Å²) < 4.78 is 54.9. The lowest BCUT2D eigenvalue weighted by atomic mass is 9.96. The Morgan fingerprint density at radius 3 is 2.07 bits per heavy atom. The maximum absolute atomic E-state index is 14.0. The van der Waals surface area contributed by atoms with E-state index in [0.29, 0.717) is 5.56 Å². The van der Waals surface area contributed by atoms with E-state index in [9.17, 15) is 17.6 Å². The predicted octanol–water partition coefficient (Wildman–Crippen LogP) is 5.22. The van der Waals surface area contributed by atoms with E-state index < -0.39 is 12.2 Å². The first kappa shape index (κ1) is 24.8. The SMILES string of the molecule is Cl.Cl.Fc1cc([C@@H](c2ccc(OC(F)(F)F)cc2)N2CCNCC2)ccc1Cl. The van der Waals surface area contributed by atoms with Crippen LogP contribution in [0.5, 0.6) is 5.75 Å². The molecule has 1 aliphatic rings. The van der Waals surface area contributed by atoms with Crippen LogP contribution in [0.3, 0.4) is 0 Å². The quantitative estimate of drug-likeness (QED) is 0.632. The molecule has 0 spiro atoms. The molecular formula is C18H19Cl3F4N2O. The number of nitrogens with one attached hydrogen (secondary N) is 1. The summed E-state index contributed by atoms with van der Waals surface area (Å²) in [6, 6.07) is 9.98. The zero-order chi connectivity index (χ0) is 18.7. The van der Waals surface area contributed by atoms with Gasteiger partial charge < -0.3 is 10.1 Å². The molecule has 2 aromatic carbocycles. The van der Waals surface area contributed by atoms with Crippen LogP contribution in [0.4, 0.5) is 17.6 Å². The highest BCUT2D eigenvalue weighted by Gasteiger charge is 2.31. The summed E-state index contributed by atoms with van der Waals surface area (Å²) in [6.45, 7) is 3.02. The van der Waals surface area contributed by atoms with Gasteiger partial charge in [-0.15, -0.1) is 38.0 Å². The number of nitrogens with zero attached hydrogens (tertiary/aromatic N) is 1. The highest BCUT2D eigenvalue weighted by molar-refractivity contribution is 6.30. The van der Waals surface area contributed by atoms with Gasteiger partial charge in [-0.3, -0.25) is 4.90 Å². The van der Waals surface area contributed by atoms with Crippen molar-refractivity contribution in [2.24, 2.45) is 0 Å². The van der Waals surface area contributed by atoms with Gasteiger partial charge in [0.1, 0.15) is 11.6 Å². The summed E-state index contributed by atoms with van der Waals surface area (Å²) in [4.78, 5) is 2.15. The average molecular weight is 462 g/mol. The first-order chi connectivity index (χ1) is 12.3. The molecule has 3 rings (SSSR count). The van der Waals surface area contributed by atoms with Crippen molar-refractivity contribution in [1.82, 2.24) is 10.2 Å². The van der Waals surface area contributed by atoms with Gasteiger partial charge in [0.05, 0.1) is 11.1 Å². The van der Waals surface area contributed by atoms with Crippen molar-refractivity contribution >= 4 is 36.4 Å².